The van der Waals surface area contributed by atoms with Crippen LogP contribution in [0.15, 0.2) is 46.5 Å². The minimum Gasteiger partial charge on any atom is -0.493 e. The van der Waals surface area contributed by atoms with E-state index in [0.717, 1.165) is 24.0 Å². The molecule has 0 saturated heterocycles. The maximum absolute atomic E-state index is 12.8. The number of esters is 1. The summed E-state index contributed by atoms with van der Waals surface area (Å²) < 4.78 is 16.2. The van der Waals surface area contributed by atoms with E-state index < -0.39 is 18.2 Å². The Hall–Kier alpha value is -2.34. The van der Waals surface area contributed by atoms with E-state index in [1.807, 2.05) is 33.8 Å². The number of ketones is 1. The van der Waals surface area contributed by atoms with Crippen LogP contribution in [0.2, 0.25) is 0 Å². The quantitative estimate of drug-likeness (QED) is 0.352. The minimum absolute atomic E-state index is 0.124. The number of hydrogen-bond donors (Lipinski definition) is 1. The zero-order chi connectivity index (χ0) is 24.4. The summed E-state index contributed by atoms with van der Waals surface area (Å²) in [7, 11) is 2.87. The second kappa shape index (κ2) is 13.3. The predicted octanol–water partition coefficient (Wildman–Crippen LogP) is 5.04. The van der Waals surface area contributed by atoms with E-state index in [-0.39, 0.29) is 29.1 Å². The third-order valence-electron chi connectivity index (χ3n) is 5.69. The van der Waals surface area contributed by atoms with Crippen molar-refractivity contribution < 1.29 is 28.9 Å². The number of aliphatic hydroxyl groups is 1. The van der Waals surface area contributed by atoms with Crippen molar-refractivity contribution in [2.24, 2.45) is 11.8 Å². The molecule has 1 aliphatic rings. The van der Waals surface area contributed by atoms with Gasteiger partial charge in [0.1, 0.15) is 0 Å². The molecule has 0 aliphatic heterocycles. The number of ether oxygens (including phenoxy) is 3. The molecule has 0 bridgehead atoms. The Bertz CT molecular complexity index is 782. The first-order chi connectivity index (χ1) is 15.0. The fourth-order valence-electron chi connectivity index (χ4n) is 4.01. The molecule has 0 spiro atoms. The second-order valence-corrected chi connectivity index (χ2v) is 8.84. The Morgan fingerprint density at radius 2 is 1.72 bits per heavy atom. The van der Waals surface area contributed by atoms with Gasteiger partial charge in [-0.15, -0.1) is 0 Å². The molecule has 6 nitrogen and oxygen atoms in total. The minimum atomic E-state index is -0.664. The van der Waals surface area contributed by atoms with Crippen LogP contribution < -0.4 is 0 Å². The topological polar surface area (TPSA) is 82.1 Å². The van der Waals surface area contributed by atoms with Crippen LogP contribution >= 0.6 is 0 Å². The van der Waals surface area contributed by atoms with Gasteiger partial charge in [0.05, 0.1) is 20.3 Å². The summed E-state index contributed by atoms with van der Waals surface area (Å²) in [4.78, 5) is 24.5. The van der Waals surface area contributed by atoms with Crippen LogP contribution in [0.1, 0.15) is 67.2 Å². The summed E-state index contributed by atoms with van der Waals surface area (Å²) in [6, 6.07) is 0. The van der Waals surface area contributed by atoms with Crippen LogP contribution in [0.4, 0.5) is 0 Å². The van der Waals surface area contributed by atoms with Gasteiger partial charge in [-0.05, 0) is 53.4 Å². The number of allylic oxidation sites excluding steroid dienone is 5. The Morgan fingerprint density at radius 3 is 2.25 bits per heavy atom. The van der Waals surface area contributed by atoms with Crippen LogP contribution in [0, 0.1) is 11.8 Å². The zero-order valence-electron chi connectivity index (χ0n) is 20.9. The van der Waals surface area contributed by atoms with Crippen molar-refractivity contribution >= 4 is 11.8 Å². The third kappa shape index (κ3) is 8.30. The molecule has 0 aromatic heterocycles. The first-order valence-electron chi connectivity index (χ1n) is 11.2. The molecular weight excluding hydrogens is 408 g/mol. The molecule has 1 aliphatic carbocycles. The van der Waals surface area contributed by atoms with Crippen molar-refractivity contribution in [2.45, 2.75) is 79.4 Å². The summed E-state index contributed by atoms with van der Waals surface area (Å²) in [6.45, 7) is 11.2. The van der Waals surface area contributed by atoms with Gasteiger partial charge in [-0.1, -0.05) is 41.9 Å². The number of rotatable bonds is 11. The SMILES string of the molecule is COC1=C(OC)[C@H](OC(C)=O)[C@@H](C/C=C(/C)CC/C=C(\C)C[C@@H](O)C=C(C)C)[C@H](C)C1=O. The van der Waals surface area contributed by atoms with Crippen molar-refractivity contribution in [1.29, 1.82) is 0 Å². The highest BCUT2D eigenvalue weighted by molar-refractivity contribution is 5.97. The van der Waals surface area contributed by atoms with Crippen LogP contribution in [0.3, 0.4) is 0 Å². The number of carbonyl (C=O) groups excluding carboxylic acids is 2. The maximum atomic E-state index is 12.8. The van der Waals surface area contributed by atoms with Crippen LogP contribution in [-0.4, -0.2) is 43.3 Å². The molecule has 0 aromatic carbocycles. The van der Waals surface area contributed by atoms with Crippen LogP contribution in [0.5, 0.6) is 0 Å². The molecule has 32 heavy (non-hydrogen) atoms. The first-order valence-corrected chi connectivity index (χ1v) is 11.2. The largest absolute Gasteiger partial charge is 0.493 e. The maximum Gasteiger partial charge on any atom is 0.303 e. The standard InChI is InChI=1S/C26H40O6/c1-16(2)14-21(28)15-18(4)11-9-10-17(3)12-13-22-19(5)23(29)25(30-7)26(31-8)24(22)32-20(6)27/h11-12,14,19,21-22,24,28H,9-10,13,15H2,1-8H3/b17-12-,18-11+/t19-,21-,22-,24+/m0/s1. The van der Waals surface area contributed by atoms with Crippen LogP contribution in [-0.2, 0) is 23.8 Å². The van der Waals surface area contributed by atoms with Gasteiger partial charge in [0.15, 0.2) is 11.9 Å². The highest BCUT2D eigenvalue weighted by Crippen LogP contribution is 2.37. The highest BCUT2D eigenvalue weighted by atomic mass is 16.6. The number of carbonyl (C=O) groups is 2. The molecule has 0 heterocycles. The molecule has 0 aromatic rings. The summed E-state index contributed by atoms with van der Waals surface area (Å²) >= 11 is 0. The fraction of sp³-hybridized carbons (Fsp3) is 0.615. The molecular formula is C26H40O6. The van der Waals surface area contributed by atoms with E-state index in [2.05, 4.69) is 19.1 Å². The summed E-state index contributed by atoms with van der Waals surface area (Å²) in [5.41, 5.74) is 3.46. The van der Waals surface area contributed by atoms with Gasteiger partial charge in [-0.2, -0.15) is 0 Å². The van der Waals surface area contributed by atoms with Crippen molar-refractivity contribution in [3.63, 3.8) is 0 Å². The molecule has 4 atom stereocenters. The normalized spacial score (nSPS) is 23.0. The summed E-state index contributed by atoms with van der Waals surface area (Å²) in [6.07, 6.45) is 7.99. The van der Waals surface area contributed by atoms with E-state index in [1.54, 1.807) is 0 Å². The summed E-state index contributed by atoms with van der Waals surface area (Å²) in [5.74, 6) is -0.766. The predicted molar refractivity (Wildman–Crippen MR) is 126 cm³/mol. The van der Waals surface area contributed by atoms with Gasteiger partial charge in [0.2, 0.25) is 11.5 Å². The molecule has 180 valence electrons. The lowest BCUT2D eigenvalue weighted by atomic mass is 9.77. The fourth-order valence-corrected chi connectivity index (χ4v) is 4.01. The van der Waals surface area contributed by atoms with Gasteiger partial charge < -0.3 is 19.3 Å². The van der Waals surface area contributed by atoms with Crippen molar-refractivity contribution in [1.82, 2.24) is 0 Å². The van der Waals surface area contributed by atoms with E-state index in [9.17, 15) is 14.7 Å². The van der Waals surface area contributed by atoms with E-state index >= 15 is 0 Å². The number of aliphatic hydroxyl groups excluding tert-OH is 1. The van der Waals surface area contributed by atoms with Gasteiger partial charge in [0.25, 0.3) is 0 Å². The monoisotopic (exact) mass is 448 g/mol. The molecule has 1 rings (SSSR count). The van der Waals surface area contributed by atoms with Crippen LogP contribution in [0.25, 0.3) is 0 Å². The highest BCUT2D eigenvalue weighted by Gasteiger charge is 2.44. The average molecular weight is 449 g/mol. The molecule has 0 fully saturated rings. The lowest BCUT2D eigenvalue weighted by Crippen LogP contribution is -2.42. The van der Waals surface area contributed by atoms with E-state index in [1.165, 1.54) is 26.7 Å². The Kier molecular flexibility index (Phi) is 11.5. The lowest BCUT2D eigenvalue weighted by Gasteiger charge is -2.35. The number of hydrogen-bond acceptors (Lipinski definition) is 6. The smallest absolute Gasteiger partial charge is 0.303 e. The van der Waals surface area contributed by atoms with Crippen molar-refractivity contribution in [3.8, 4) is 0 Å². The average Bonchev–Trinajstić information content (AvgIpc) is 2.68. The van der Waals surface area contributed by atoms with Crippen molar-refractivity contribution in [2.75, 3.05) is 14.2 Å². The number of methoxy groups -OCH3 is 2. The first kappa shape index (κ1) is 27.7. The molecule has 0 saturated carbocycles. The molecule has 1 N–H and O–H groups in total. The van der Waals surface area contributed by atoms with Gasteiger partial charge in [0, 0.05) is 18.8 Å². The van der Waals surface area contributed by atoms with E-state index in [4.69, 9.17) is 14.2 Å². The molecule has 0 radical (unpaired) electrons. The van der Waals surface area contributed by atoms with Crippen molar-refractivity contribution in [3.05, 3.63) is 46.5 Å². The van der Waals surface area contributed by atoms with Gasteiger partial charge >= 0.3 is 5.97 Å². The molecule has 0 amide bonds. The number of Topliss-reactive ketones (excluding diaryl/α,β-unsaturated/α-hetero) is 1. The Labute approximate surface area is 193 Å². The lowest BCUT2D eigenvalue weighted by molar-refractivity contribution is -0.153. The molecule has 6 heteroatoms. The zero-order valence-corrected chi connectivity index (χ0v) is 20.9. The molecule has 0 unspecified atom stereocenters. The Balaban J connectivity index is 2.86. The second-order valence-electron chi connectivity index (χ2n) is 8.84. The third-order valence-corrected chi connectivity index (χ3v) is 5.69. The Morgan fingerprint density at radius 1 is 1.06 bits per heavy atom. The van der Waals surface area contributed by atoms with Gasteiger partial charge in [-0.25, -0.2) is 0 Å². The van der Waals surface area contributed by atoms with Gasteiger partial charge in [-0.3, -0.25) is 9.59 Å². The summed E-state index contributed by atoms with van der Waals surface area (Å²) in [5, 5.41) is 10.0. The van der Waals surface area contributed by atoms with E-state index in [0.29, 0.717) is 12.8 Å².